The van der Waals surface area contributed by atoms with Gasteiger partial charge in [-0.2, -0.15) is 0 Å². The van der Waals surface area contributed by atoms with Gasteiger partial charge in [0.25, 0.3) is 0 Å². The van der Waals surface area contributed by atoms with Crippen LogP contribution in [0.4, 0.5) is 0 Å². The Kier molecular flexibility index (Phi) is 4.84. The average molecular weight is 206 g/mol. The second kappa shape index (κ2) is 6.19. The molecule has 0 radical (unpaired) electrons. The molecule has 3 nitrogen and oxygen atoms in total. The van der Waals surface area contributed by atoms with Crippen molar-refractivity contribution in [2.24, 2.45) is 4.99 Å². The molecule has 0 aromatic carbocycles. The Morgan fingerprint density at radius 2 is 2.33 bits per heavy atom. The Morgan fingerprint density at radius 1 is 1.53 bits per heavy atom. The van der Waals surface area contributed by atoms with Crippen molar-refractivity contribution in [3.63, 3.8) is 0 Å². The number of allylic oxidation sites excluding steroid dienone is 1. The van der Waals surface area contributed by atoms with Crippen molar-refractivity contribution in [3.8, 4) is 0 Å². The molecule has 0 saturated heterocycles. The summed E-state index contributed by atoms with van der Waals surface area (Å²) in [6.07, 6.45) is 5.70. The lowest BCUT2D eigenvalue weighted by atomic mass is 10.3. The fraction of sp³-hybridized carbons (Fsp3) is 0.417. The van der Waals surface area contributed by atoms with E-state index < -0.39 is 6.23 Å². The molecule has 0 spiro atoms. The zero-order valence-electron chi connectivity index (χ0n) is 9.30. The molecule has 1 N–H and O–H groups in total. The van der Waals surface area contributed by atoms with E-state index in [0.717, 1.165) is 12.0 Å². The largest absolute Gasteiger partial charge is 0.371 e. The quantitative estimate of drug-likeness (QED) is 0.748. The SMILES string of the molecule is C/C=C\CC(O)N=c1ccccn1CC. The summed E-state index contributed by atoms with van der Waals surface area (Å²) < 4.78 is 2.00. The van der Waals surface area contributed by atoms with Crippen LogP contribution in [-0.2, 0) is 6.54 Å². The van der Waals surface area contributed by atoms with Crippen LogP contribution in [0.2, 0.25) is 0 Å². The van der Waals surface area contributed by atoms with Crippen molar-refractivity contribution in [1.82, 2.24) is 4.57 Å². The van der Waals surface area contributed by atoms with Crippen LogP contribution in [0.1, 0.15) is 20.3 Å². The number of hydrogen-bond acceptors (Lipinski definition) is 2. The number of rotatable bonds is 4. The molecule has 0 fully saturated rings. The molecule has 1 heterocycles. The minimum atomic E-state index is -0.651. The highest BCUT2D eigenvalue weighted by molar-refractivity contribution is 4.93. The van der Waals surface area contributed by atoms with Gasteiger partial charge in [0.05, 0.1) is 0 Å². The summed E-state index contributed by atoms with van der Waals surface area (Å²) in [6.45, 7) is 4.84. The molecule has 0 saturated carbocycles. The molecule has 0 amide bonds. The van der Waals surface area contributed by atoms with Gasteiger partial charge in [-0.15, -0.1) is 0 Å². The van der Waals surface area contributed by atoms with Gasteiger partial charge < -0.3 is 9.67 Å². The molecule has 15 heavy (non-hydrogen) atoms. The summed E-state index contributed by atoms with van der Waals surface area (Å²) in [5.74, 6) is 0. The number of pyridine rings is 1. The summed E-state index contributed by atoms with van der Waals surface area (Å²) in [5.41, 5.74) is 0.817. The smallest absolute Gasteiger partial charge is 0.150 e. The third kappa shape index (κ3) is 3.72. The van der Waals surface area contributed by atoms with E-state index in [-0.39, 0.29) is 0 Å². The van der Waals surface area contributed by atoms with Crippen LogP contribution >= 0.6 is 0 Å². The first-order valence-corrected chi connectivity index (χ1v) is 5.26. The summed E-state index contributed by atoms with van der Waals surface area (Å²) in [4.78, 5) is 4.23. The first-order chi connectivity index (χ1) is 7.27. The van der Waals surface area contributed by atoms with Crippen LogP contribution < -0.4 is 5.49 Å². The number of nitrogens with zero attached hydrogens (tertiary/aromatic N) is 2. The molecule has 1 aromatic rings. The minimum Gasteiger partial charge on any atom is -0.371 e. The Bertz CT molecular complexity index is 379. The first-order valence-electron chi connectivity index (χ1n) is 5.26. The number of aromatic nitrogens is 1. The first kappa shape index (κ1) is 11.7. The number of hydrogen-bond donors (Lipinski definition) is 1. The molecule has 0 aliphatic carbocycles. The highest BCUT2D eigenvalue weighted by Crippen LogP contribution is 1.93. The van der Waals surface area contributed by atoms with Crippen LogP contribution in [-0.4, -0.2) is 15.9 Å². The van der Waals surface area contributed by atoms with Gasteiger partial charge >= 0.3 is 0 Å². The highest BCUT2D eigenvalue weighted by Gasteiger charge is 1.97. The molecule has 3 heteroatoms. The monoisotopic (exact) mass is 206 g/mol. The Labute approximate surface area is 90.4 Å². The van der Waals surface area contributed by atoms with E-state index in [1.807, 2.05) is 48.0 Å². The molecular formula is C12H18N2O. The van der Waals surface area contributed by atoms with E-state index >= 15 is 0 Å². The van der Waals surface area contributed by atoms with Crippen LogP contribution in [0, 0.1) is 0 Å². The summed E-state index contributed by atoms with van der Waals surface area (Å²) in [5, 5.41) is 9.62. The van der Waals surface area contributed by atoms with Gasteiger partial charge in [0.1, 0.15) is 5.49 Å². The van der Waals surface area contributed by atoms with E-state index in [4.69, 9.17) is 0 Å². The lowest BCUT2D eigenvalue weighted by Gasteiger charge is -2.05. The van der Waals surface area contributed by atoms with Crippen molar-refractivity contribution in [2.45, 2.75) is 33.0 Å². The Morgan fingerprint density at radius 3 is 3.00 bits per heavy atom. The van der Waals surface area contributed by atoms with Crippen LogP contribution in [0.5, 0.6) is 0 Å². The van der Waals surface area contributed by atoms with E-state index in [9.17, 15) is 5.11 Å². The van der Waals surface area contributed by atoms with Crippen molar-refractivity contribution < 1.29 is 5.11 Å². The zero-order valence-corrected chi connectivity index (χ0v) is 9.30. The number of aryl methyl sites for hydroxylation is 1. The normalized spacial score (nSPS) is 14.7. The zero-order chi connectivity index (χ0) is 11.1. The highest BCUT2D eigenvalue weighted by atomic mass is 16.3. The fourth-order valence-electron chi connectivity index (χ4n) is 1.32. The lowest BCUT2D eigenvalue weighted by Crippen LogP contribution is -2.21. The maximum Gasteiger partial charge on any atom is 0.150 e. The van der Waals surface area contributed by atoms with Gasteiger partial charge in [0.15, 0.2) is 6.23 Å². The van der Waals surface area contributed by atoms with E-state index in [0.29, 0.717) is 6.42 Å². The number of aliphatic hydroxyl groups is 1. The Hall–Kier alpha value is -1.35. The van der Waals surface area contributed by atoms with Gasteiger partial charge in [-0.05, 0) is 26.0 Å². The fourth-order valence-corrected chi connectivity index (χ4v) is 1.32. The predicted octanol–water partition coefficient (Wildman–Crippen LogP) is 1.69. The second-order valence-corrected chi connectivity index (χ2v) is 3.26. The molecule has 1 unspecified atom stereocenters. The van der Waals surface area contributed by atoms with Crippen molar-refractivity contribution >= 4 is 0 Å². The number of aliphatic hydroxyl groups excluding tert-OH is 1. The van der Waals surface area contributed by atoms with Crippen molar-refractivity contribution in [3.05, 3.63) is 42.0 Å². The van der Waals surface area contributed by atoms with Crippen molar-refractivity contribution in [1.29, 1.82) is 0 Å². The van der Waals surface area contributed by atoms with Crippen LogP contribution in [0.25, 0.3) is 0 Å². The molecule has 0 bridgehead atoms. The minimum absolute atomic E-state index is 0.565. The maximum atomic E-state index is 9.62. The second-order valence-electron chi connectivity index (χ2n) is 3.26. The average Bonchev–Trinajstić information content (AvgIpc) is 2.27. The van der Waals surface area contributed by atoms with Gasteiger partial charge in [0.2, 0.25) is 0 Å². The molecule has 1 rings (SSSR count). The molecule has 0 aliphatic heterocycles. The van der Waals surface area contributed by atoms with Gasteiger partial charge in [-0.3, -0.25) is 0 Å². The van der Waals surface area contributed by atoms with Crippen molar-refractivity contribution in [2.75, 3.05) is 0 Å². The molecular weight excluding hydrogens is 188 g/mol. The van der Waals surface area contributed by atoms with Crippen LogP contribution in [0.3, 0.4) is 0 Å². The van der Waals surface area contributed by atoms with Gasteiger partial charge in [-0.1, -0.05) is 18.2 Å². The van der Waals surface area contributed by atoms with E-state index in [1.54, 1.807) is 0 Å². The predicted molar refractivity (Wildman–Crippen MR) is 61.1 cm³/mol. The van der Waals surface area contributed by atoms with Gasteiger partial charge in [-0.25, -0.2) is 4.99 Å². The van der Waals surface area contributed by atoms with E-state index in [1.165, 1.54) is 0 Å². The lowest BCUT2D eigenvalue weighted by molar-refractivity contribution is 0.182. The molecule has 1 atom stereocenters. The van der Waals surface area contributed by atoms with E-state index in [2.05, 4.69) is 11.9 Å². The maximum absolute atomic E-state index is 9.62. The summed E-state index contributed by atoms with van der Waals surface area (Å²) in [7, 11) is 0. The third-order valence-electron chi connectivity index (χ3n) is 2.12. The van der Waals surface area contributed by atoms with Crippen LogP contribution in [0.15, 0.2) is 41.5 Å². The Balaban J connectivity index is 2.88. The third-order valence-corrected chi connectivity index (χ3v) is 2.12. The molecule has 1 aromatic heterocycles. The molecule has 0 aliphatic rings. The standard InChI is InChI=1S/C12H18N2O/c1-3-5-9-12(15)13-11-8-6-7-10-14(11)4-2/h3,5-8,10,12,15H,4,9H2,1-2H3/b5-3-,13-11?. The molecule has 82 valence electrons. The topological polar surface area (TPSA) is 37.5 Å². The summed E-state index contributed by atoms with van der Waals surface area (Å²) in [6, 6.07) is 5.79. The summed E-state index contributed by atoms with van der Waals surface area (Å²) >= 11 is 0. The van der Waals surface area contributed by atoms with Gasteiger partial charge in [0, 0.05) is 19.2 Å².